The van der Waals surface area contributed by atoms with Crippen LogP contribution in [0, 0.1) is 0 Å². The third kappa shape index (κ3) is 4.14. The SMILES string of the molecule is CC(=O)N1CCN(C(=O)c2ccc(N(C)C3CCCCC3)cc2)CC1. The van der Waals surface area contributed by atoms with Crippen molar-refractivity contribution >= 4 is 17.5 Å². The Hall–Kier alpha value is -2.04. The summed E-state index contributed by atoms with van der Waals surface area (Å²) in [7, 11) is 2.16. The molecule has 1 aromatic rings. The summed E-state index contributed by atoms with van der Waals surface area (Å²) >= 11 is 0. The molecule has 0 bridgehead atoms. The zero-order valence-corrected chi connectivity index (χ0v) is 15.4. The van der Waals surface area contributed by atoms with E-state index >= 15 is 0 Å². The first-order valence-electron chi connectivity index (χ1n) is 9.44. The highest BCUT2D eigenvalue weighted by Gasteiger charge is 2.23. The van der Waals surface area contributed by atoms with Crippen molar-refractivity contribution in [3.8, 4) is 0 Å². The highest BCUT2D eigenvalue weighted by atomic mass is 16.2. The summed E-state index contributed by atoms with van der Waals surface area (Å²) in [6.45, 7) is 4.07. The number of rotatable bonds is 3. The Morgan fingerprint density at radius 3 is 2.04 bits per heavy atom. The molecule has 0 spiro atoms. The van der Waals surface area contributed by atoms with Gasteiger partial charge >= 0.3 is 0 Å². The first-order valence-corrected chi connectivity index (χ1v) is 9.44. The van der Waals surface area contributed by atoms with Crippen LogP contribution < -0.4 is 4.90 Å². The summed E-state index contributed by atoms with van der Waals surface area (Å²) in [5.74, 6) is 0.150. The number of hydrogen-bond acceptors (Lipinski definition) is 3. The molecule has 5 heteroatoms. The third-order valence-electron chi connectivity index (χ3n) is 5.66. The minimum atomic E-state index is 0.0649. The van der Waals surface area contributed by atoms with Crippen LogP contribution in [0.4, 0.5) is 5.69 Å². The van der Waals surface area contributed by atoms with Crippen LogP contribution in [0.15, 0.2) is 24.3 Å². The fourth-order valence-electron chi connectivity index (χ4n) is 3.93. The highest BCUT2D eigenvalue weighted by molar-refractivity contribution is 5.94. The molecule has 2 aliphatic rings. The fraction of sp³-hybridized carbons (Fsp3) is 0.600. The summed E-state index contributed by atoms with van der Waals surface area (Å²) in [5.41, 5.74) is 1.92. The molecule has 1 aromatic carbocycles. The van der Waals surface area contributed by atoms with Crippen molar-refractivity contribution in [2.24, 2.45) is 0 Å². The van der Waals surface area contributed by atoms with E-state index in [1.807, 2.05) is 17.0 Å². The lowest BCUT2D eigenvalue weighted by Gasteiger charge is -2.34. The summed E-state index contributed by atoms with van der Waals surface area (Å²) < 4.78 is 0. The quantitative estimate of drug-likeness (QED) is 0.848. The van der Waals surface area contributed by atoms with Crippen molar-refractivity contribution in [1.82, 2.24) is 9.80 Å². The second kappa shape index (κ2) is 7.89. The molecule has 0 radical (unpaired) electrons. The van der Waals surface area contributed by atoms with Crippen molar-refractivity contribution in [2.45, 2.75) is 45.1 Å². The normalized spacial score (nSPS) is 19.0. The Bertz CT molecular complexity index is 600. The van der Waals surface area contributed by atoms with Crippen molar-refractivity contribution < 1.29 is 9.59 Å². The van der Waals surface area contributed by atoms with Gasteiger partial charge in [0.2, 0.25) is 5.91 Å². The number of carbonyl (C=O) groups is 2. The molecule has 0 aromatic heterocycles. The summed E-state index contributed by atoms with van der Waals surface area (Å²) in [6.07, 6.45) is 6.51. The van der Waals surface area contributed by atoms with Gasteiger partial charge in [-0.05, 0) is 37.1 Å². The Labute approximate surface area is 150 Å². The van der Waals surface area contributed by atoms with Gasteiger partial charge in [0.25, 0.3) is 5.91 Å². The van der Waals surface area contributed by atoms with Crippen LogP contribution in [0.3, 0.4) is 0 Å². The molecule has 1 saturated carbocycles. The smallest absolute Gasteiger partial charge is 0.253 e. The molecule has 0 atom stereocenters. The molecule has 1 heterocycles. The monoisotopic (exact) mass is 343 g/mol. The molecule has 1 saturated heterocycles. The molecular weight excluding hydrogens is 314 g/mol. The molecule has 2 amide bonds. The second-order valence-corrected chi connectivity index (χ2v) is 7.25. The van der Waals surface area contributed by atoms with E-state index < -0.39 is 0 Å². The molecule has 25 heavy (non-hydrogen) atoms. The van der Waals surface area contributed by atoms with E-state index in [1.165, 1.54) is 37.8 Å². The minimum absolute atomic E-state index is 0.0649. The van der Waals surface area contributed by atoms with E-state index in [0.717, 1.165) is 5.56 Å². The predicted octanol–water partition coefficient (Wildman–Crippen LogP) is 2.76. The lowest BCUT2D eigenvalue weighted by atomic mass is 9.94. The molecule has 2 fully saturated rings. The Morgan fingerprint density at radius 1 is 0.920 bits per heavy atom. The minimum Gasteiger partial charge on any atom is -0.372 e. The van der Waals surface area contributed by atoms with E-state index in [9.17, 15) is 9.59 Å². The Kier molecular flexibility index (Phi) is 5.61. The third-order valence-corrected chi connectivity index (χ3v) is 5.66. The summed E-state index contributed by atoms with van der Waals surface area (Å²) in [6, 6.07) is 8.62. The van der Waals surface area contributed by atoms with Crippen LogP contribution >= 0.6 is 0 Å². The largest absolute Gasteiger partial charge is 0.372 e. The number of nitrogens with zero attached hydrogens (tertiary/aromatic N) is 3. The lowest BCUT2D eigenvalue weighted by molar-refractivity contribution is -0.130. The van der Waals surface area contributed by atoms with Crippen molar-refractivity contribution in [1.29, 1.82) is 0 Å². The van der Waals surface area contributed by atoms with Gasteiger partial charge in [0.05, 0.1) is 0 Å². The zero-order chi connectivity index (χ0) is 17.8. The van der Waals surface area contributed by atoms with Gasteiger partial charge in [-0.2, -0.15) is 0 Å². The molecular formula is C20H29N3O2. The van der Waals surface area contributed by atoms with Gasteiger partial charge in [0.15, 0.2) is 0 Å². The first-order chi connectivity index (χ1) is 12.1. The molecule has 3 rings (SSSR count). The maximum atomic E-state index is 12.7. The topological polar surface area (TPSA) is 43.9 Å². The molecule has 1 aliphatic carbocycles. The van der Waals surface area contributed by atoms with Crippen molar-refractivity contribution in [3.05, 3.63) is 29.8 Å². The summed E-state index contributed by atoms with van der Waals surface area (Å²) in [5, 5.41) is 0. The van der Waals surface area contributed by atoms with Crippen LogP contribution in [0.1, 0.15) is 49.4 Å². The number of piperazine rings is 1. The predicted molar refractivity (Wildman–Crippen MR) is 99.9 cm³/mol. The van der Waals surface area contributed by atoms with E-state index in [0.29, 0.717) is 32.2 Å². The van der Waals surface area contributed by atoms with Crippen LogP contribution in [-0.4, -0.2) is 60.9 Å². The second-order valence-electron chi connectivity index (χ2n) is 7.25. The van der Waals surface area contributed by atoms with Crippen molar-refractivity contribution in [2.75, 3.05) is 38.1 Å². The maximum Gasteiger partial charge on any atom is 0.253 e. The number of amides is 2. The number of hydrogen-bond donors (Lipinski definition) is 0. The molecule has 0 unspecified atom stereocenters. The number of carbonyl (C=O) groups excluding carboxylic acids is 2. The van der Waals surface area contributed by atoms with Crippen LogP contribution in [-0.2, 0) is 4.79 Å². The van der Waals surface area contributed by atoms with E-state index in [-0.39, 0.29) is 11.8 Å². The standard InChI is InChI=1S/C20H29N3O2/c1-16(24)22-12-14-23(15-13-22)20(25)17-8-10-19(11-9-17)21(2)18-6-4-3-5-7-18/h8-11,18H,3-7,12-15H2,1-2H3. The number of benzene rings is 1. The fourth-order valence-corrected chi connectivity index (χ4v) is 3.93. The van der Waals surface area contributed by atoms with Crippen LogP contribution in [0.25, 0.3) is 0 Å². The molecule has 0 N–H and O–H groups in total. The lowest BCUT2D eigenvalue weighted by Crippen LogP contribution is -2.50. The van der Waals surface area contributed by atoms with Gasteiger partial charge in [-0.15, -0.1) is 0 Å². The molecule has 5 nitrogen and oxygen atoms in total. The maximum absolute atomic E-state index is 12.7. The first kappa shape index (κ1) is 17.8. The van der Waals surface area contributed by atoms with Gasteiger partial charge in [0, 0.05) is 57.4 Å². The van der Waals surface area contributed by atoms with Crippen molar-refractivity contribution in [3.63, 3.8) is 0 Å². The Balaban J connectivity index is 1.60. The van der Waals surface area contributed by atoms with Gasteiger partial charge in [0.1, 0.15) is 0 Å². The summed E-state index contributed by atoms with van der Waals surface area (Å²) in [4.78, 5) is 30.1. The molecule has 1 aliphatic heterocycles. The van der Waals surface area contributed by atoms with E-state index in [1.54, 1.807) is 11.8 Å². The highest BCUT2D eigenvalue weighted by Crippen LogP contribution is 2.26. The van der Waals surface area contributed by atoms with Crippen LogP contribution in [0.5, 0.6) is 0 Å². The molecule has 136 valence electrons. The van der Waals surface area contributed by atoms with E-state index in [2.05, 4.69) is 24.1 Å². The van der Waals surface area contributed by atoms with Gasteiger partial charge in [-0.3, -0.25) is 9.59 Å². The zero-order valence-electron chi connectivity index (χ0n) is 15.4. The number of anilines is 1. The average molecular weight is 343 g/mol. The van der Waals surface area contributed by atoms with E-state index in [4.69, 9.17) is 0 Å². The van der Waals surface area contributed by atoms with Gasteiger partial charge < -0.3 is 14.7 Å². The average Bonchev–Trinajstić information content (AvgIpc) is 2.67. The van der Waals surface area contributed by atoms with Gasteiger partial charge in [-0.25, -0.2) is 0 Å². The Morgan fingerprint density at radius 2 is 1.48 bits per heavy atom. The van der Waals surface area contributed by atoms with Crippen LogP contribution in [0.2, 0.25) is 0 Å². The van der Waals surface area contributed by atoms with Gasteiger partial charge in [-0.1, -0.05) is 19.3 Å².